The van der Waals surface area contributed by atoms with Gasteiger partial charge in [-0.2, -0.15) is 0 Å². The summed E-state index contributed by atoms with van der Waals surface area (Å²) >= 11 is 0. The highest BCUT2D eigenvalue weighted by molar-refractivity contribution is 6.16. The van der Waals surface area contributed by atoms with Gasteiger partial charge in [-0.15, -0.1) is 0 Å². The smallest absolute Gasteiger partial charge is 0.135 e. The predicted molar refractivity (Wildman–Crippen MR) is 378 cm³/mol. The third kappa shape index (κ3) is 8.53. The van der Waals surface area contributed by atoms with Crippen LogP contribution in [0.25, 0.3) is 176 Å². The fourth-order valence-electron chi connectivity index (χ4n) is 14.1. The average Bonchev–Trinajstić information content (AvgIpc) is 1.64. The van der Waals surface area contributed by atoms with Crippen LogP contribution in [0.4, 0.5) is 0 Å². The fourth-order valence-corrected chi connectivity index (χ4v) is 14.1. The number of furan rings is 2. The summed E-state index contributed by atoms with van der Waals surface area (Å²) in [5.41, 5.74) is 22.9. The zero-order valence-electron chi connectivity index (χ0n) is 48.9. The molecule has 0 aliphatic rings. The highest BCUT2D eigenvalue weighted by Crippen LogP contribution is 2.42. The quantitative estimate of drug-likeness (QED) is 0.149. The number of rotatable bonds is 7. The lowest BCUT2D eigenvalue weighted by atomic mass is 9.97. The summed E-state index contributed by atoms with van der Waals surface area (Å²) in [5, 5.41) is 14.7. The minimum Gasteiger partial charge on any atom is -0.456 e. The minimum atomic E-state index is 0.919. The van der Waals surface area contributed by atoms with Crippen molar-refractivity contribution < 1.29 is 8.83 Å². The standard InChI is InChI=1S/C44H27NO.C42H27NO/c1-2-13-33-32(10-1)27-42(35-15-4-3-14-34(33)35)45-40-18-7-5-16-36(40)38-25-30(20-22-41(38)45)28-11-9-12-29(24-28)31-21-23-44-39(26-31)37-17-6-8-19-43(37)46-44;1-2-10-28(11-3-1)31-14-9-15-34(25-31)43-39-18-6-4-16-35(39)37-26-32(20-22-40(37)43)29-12-8-13-30(24-29)33-21-23-42-38(27-33)36-17-5-7-19-41(36)44-42/h1-27H;1-27H. The Bertz CT molecular complexity index is 6050. The molecule has 0 unspecified atom stereocenters. The molecule has 19 aromatic rings. The van der Waals surface area contributed by atoms with E-state index in [0.717, 1.165) is 49.6 Å². The molecule has 0 saturated heterocycles. The van der Waals surface area contributed by atoms with E-state index in [9.17, 15) is 0 Å². The summed E-state index contributed by atoms with van der Waals surface area (Å²) in [6.07, 6.45) is 0. The van der Waals surface area contributed by atoms with Crippen molar-refractivity contribution in [2.75, 3.05) is 0 Å². The molecule has 0 atom stereocenters. The van der Waals surface area contributed by atoms with Crippen molar-refractivity contribution in [2.24, 2.45) is 0 Å². The molecule has 19 rings (SSSR count). The van der Waals surface area contributed by atoms with Crippen molar-refractivity contribution in [3.63, 3.8) is 0 Å². The first-order chi connectivity index (χ1) is 44.6. The lowest BCUT2D eigenvalue weighted by Crippen LogP contribution is -1.96. The zero-order chi connectivity index (χ0) is 59.2. The summed E-state index contributed by atoms with van der Waals surface area (Å²) in [5.74, 6) is 0. The lowest BCUT2D eigenvalue weighted by Gasteiger charge is -2.14. The minimum absolute atomic E-state index is 0.919. The SMILES string of the molecule is c1cc(-c2ccc3oc4ccccc4c3c2)cc(-c2ccc3c(c2)c2ccccc2n3-c2cc3ccccc3c3ccccc23)c1.c1ccc(-c2cccc(-n3c4ccccc4c4cc(-c5cccc(-c6ccc7oc8ccccc8c7c6)c5)ccc43)c2)cc1. The first-order valence-electron chi connectivity index (χ1n) is 30.8. The van der Waals surface area contributed by atoms with E-state index in [4.69, 9.17) is 8.83 Å². The fraction of sp³-hybridized carbons (Fsp3) is 0. The Balaban J connectivity index is 0.000000134. The third-order valence-electron chi connectivity index (χ3n) is 18.4. The average molecular weight is 1150 g/mol. The molecular formula is C86H54N2O2. The molecule has 420 valence electrons. The lowest BCUT2D eigenvalue weighted by molar-refractivity contribution is 0.668. The molecule has 0 radical (unpaired) electrons. The number of hydrogen-bond acceptors (Lipinski definition) is 2. The van der Waals surface area contributed by atoms with Gasteiger partial charge < -0.3 is 18.0 Å². The molecule has 90 heavy (non-hydrogen) atoms. The summed E-state index contributed by atoms with van der Waals surface area (Å²) in [6.45, 7) is 0. The van der Waals surface area contributed by atoms with E-state index in [1.807, 2.05) is 24.3 Å². The molecule has 0 aliphatic heterocycles. The van der Waals surface area contributed by atoms with Crippen LogP contribution in [0.15, 0.2) is 336 Å². The molecule has 4 aromatic heterocycles. The monoisotopic (exact) mass is 1150 g/mol. The van der Waals surface area contributed by atoms with Gasteiger partial charge in [-0.05, 0) is 175 Å². The Labute approximate surface area is 518 Å². The van der Waals surface area contributed by atoms with Crippen LogP contribution in [-0.2, 0) is 0 Å². The van der Waals surface area contributed by atoms with Crippen LogP contribution in [0.3, 0.4) is 0 Å². The van der Waals surface area contributed by atoms with Crippen molar-refractivity contribution >= 4 is 109 Å². The van der Waals surface area contributed by atoms with Crippen molar-refractivity contribution in [2.45, 2.75) is 0 Å². The first kappa shape index (κ1) is 51.3. The van der Waals surface area contributed by atoms with Gasteiger partial charge >= 0.3 is 0 Å². The summed E-state index contributed by atoms with van der Waals surface area (Å²) in [6, 6.07) is 118. The van der Waals surface area contributed by atoms with E-state index < -0.39 is 0 Å². The van der Waals surface area contributed by atoms with E-state index in [0.29, 0.717) is 0 Å². The first-order valence-corrected chi connectivity index (χ1v) is 30.8. The summed E-state index contributed by atoms with van der Waals surface area (Å²) in [4.78, 5) is 0. The Morgan fingerprint density at radius 3 is 1.11 bits per heavy atom. The highest BCUT2D eigenvalue weighted by Gasteiger charge is 2.19. The molecule has 0 N–H and O–H groups in total. The van der Waals surface area contributed by atoms with Gasteiger partial charge in [-0.1, -0.05) is 224 Å². The van der Waals surface area contributed by atoms with E-state index in [-0.39, 0.29) is 0 Å². The largest absolute Gasteiger partial charge is 0.456 e. The van der Waals surface area contributed by atoms with Crippen LogP contribution < -0.4 is 0 Å². The Hall–Kier alpha value is -12.0. The van der Waals surface area contributed by atoms with Gasteiger partial charge in [0, 0.05) is 54.2 Å². The van der Waals surface area contributed by atoms with Crippen LogP contribution in [0.2, 0.25) is 0 Å². The van der Waals surface area contributed by atoms with E-state index in [1.165, 1.54) is 126 Å². The topological polar surface area (TPSA) is 36.1 Å². The maximum absolute atomic E-state index is 6.09. The second kappa shape index (κ2) is 20.9. The van der Waals surface area contributed by atoms with Crippen LogP contribution in [0, 0.1) is 0 Å². The normalized spacial score (nSPS) is 11.8. The van der Waals surface area contributed by atoms with Crippen molar-refractivity contribution in [3.8, 4) is 67.0 Å². The van der Waals surface area contributed by atoms with Gasteiger partial charge in [0.15, 0.2) is 0 Å². The highest BCUT2D eigenvalue weighted by atomic mass is 16.3. The molecular weight excluding hydrogens is 1090 g/mol. The Kier molecular flexibility index (Phi) is 11.9. The summed E-state index contributed by atoms with van der Waals surface area (Å²) in [7, 11) is 0. The van der Waals surface area contributed by atoms with Crippen LogP contribution in [-0.4, -0.2) is 9.13 Å². The van der Waals surface area contributed by atoms with E-state index >= 15 is 0 Å². The van der Waals surface area contributed by atoms with Crippen molar-refractivity contribution in [1.29, 1.82) is 0 Å². The number of nitrogens with zero attached hydrogens (tertiary/aromatic N) is 2. The van der Waals surface area contributed by atoms with E-state index in [2.05, 4.69) is 312 Å². The van der Waals surface area contributed by atoms with Crippen LogP contribution in [0.1, 0.15) is 0 Å². The molecule has 0 saturated carbocycles. The molecule has 0 aliphatic carbocycles. The number of fused-ring (bicyclic) bond motifs is 15. The maximum Gasteiger partial charge on any atom is 0.135 e. The van der Waals surface area contributed by atoms with Crippen molar-refractivity contribution in [3.05, 3.63) is 328 Å². The molecule has 4 nitrogen and oxygen atoms in total. The predicted octanol–water partition coefficient (Wildman–Crippen LogP) is 24.0. The summed E-state index contributed by atoms with van der Waals surface area (Å²) < 4.78 is 17.0. The second-order valence-electron chi connectivity index (χ2n) is 23.5. The number of benzene rings is 15. The van der Waals surface area contributed by atoms with Gasteiger partial charge in [-0.3, -0.25) is 0 Å². The maximum atomic E-state index is 6.09. The van der Waals surface area contributed by atoms with Gasteiger partial charge in [0.2, 0.25) is 0 Å². The van der Waals surface area contributed by atoms with E-state index in [1.54, 1.807) is 0 Å². The Morgan fingerprint density at radius 1 is 0.178 bits per heavy atom. The van der Waals surface area contributed by atoms with Crippen LogP contribution in [0.5, 0.6) is 0 Å². The van der Waals surface area contributed by atoms with Gasteiger partial charge in [0.05, 0.1) is 27.8 Å². The van der Waals surface area contributed by atoms with Gasteiger partial charge in [0.1, 0.15) is 22.3 Å². The molecule has 4 heteroatoms. The third-order valence-corrected chi connectivity index (χ3v) is 18.4. The zero-order valence-corrected chi connectivity index (χ0v) is 48.9. The van der Waals surface area contributed by atoms with Gasteiger partial charge in [-0.25, -0.2) is 0 Å². The second-order valence-corrected chi connectivity index (χ2v) is 23.5. The molecule has 0 amide bonds. The van der Waals surface area contributed by atoms with Crippen LogP contribution >= 0.6 is 0 Å². The molecule has 0 fully saturated rings. The van der Waals surface area contributed by atoms with Crippen molar-refractivity contribution in [1.82, 2.24) is 9.13 Å². The molecule has 0 bridgehead atoms. The Morgan fingerprint density at radius 2 is 0.544 bits per heavy atom. The molecule has 4 heterocycles. The number of aromatic nitrogens is 2. The molecule has 15 aromatic carbocycles. The number of para-hydroxylation sites is 4. The number of hydrogen-bond donors (Lipinski definition) is 0. The van der Waals surface area contributed by atoms with Gasteiger partial charge in [0.25, 0.3) is 0 Å². The molecule has 0 spiro atoms.